The molecule has 0 aliphatic carbocycles. The zero-order valence-corrected chi connectivity index (χ0v) is 31.5. The number of rotatable bonds is 13. The van der Waals surface area contributed by atoms with Crippen molar-refractivity contribution in [3.63, 3.8) is 0 Å². The first-order valence-electron chi connectivity index (χ1n) is 18.9. The number of carbonyl (C=O) groups excluding carboxylic acids is 3. The van der Waals surface area contributed by atoms with Crippen LogP contribution in [0.3, 0.4) is 0 Å². The third-order valence-electron chi connectivity index (χ3n) is 9.31. The smallest absolute Gasteiger partial charge is 0.193 e. The maximum absolute atomic E-state index is 12.8. The molecule has 0 aromatic heterocycles. The molecular formula is C52H48O3. The molecule has 0 bridgehead atoms. The highest BCUT2D eigenvalue weighted by Gasteiger charge is 2.13. The summed E-state index contributed by atoms with van der Waals surface area (Å²) in [6, 6.07) is 66.5. The van der Waals surface area contributed by atoms with Crippen molar-refractivity contribution >= 4 is 17.3 Å². The first-order chi connectivity index (χ1) is 27.0. The van der Waals surface area contributed by atoms with Gasteiger partial charge in [-0.25, -0.2) is 0 Å². The molecule has 0 aliphatic rings. The predicted octanol–water partition coefficient (Wildman–Crippen LogP) is 12.0. The molecule has 7 aromatic rings. The minimum atomic E-state index is 0.0752. The van der Waals surface area contributed by atoms with Gasteiger partial charge in [0.25, 0.3) is 0 Å². The molecular weight excluding hydrogens is 673 g/mol. The molecule has 0 aliphatic heterocycles. The summed E-state index contributed by atoms with van der Waals surface area (Å²) in [5.41, 5.74) is 7.77. The van der Waals surface area contributed by atoms with Crippen LogP contribution in [0.4, 0.5) is 0 Å². The van der Waals surface area contributed by atoms with Crippen LogP contribution in [-0.4, -0.2) is 17.3 Å². The summed E-state index contributed by atoms with van der Waals surface area (Å²) in [5, 5.41) is 0. The molecule has 3 heteroatoms. The molecule has 0 saturated carbocycles. The van der Waals surface area contributed by atoms with E-state index in [0.717, 1.165) is 58.2 Å². The van der Waals surface area contributed by atoms with Crippen LogP contribution < -0.4 is 0 Å². The van der Waals surface area contributed by atoms with Crippen molar-refractivity contribution in [2.45, 2.75) is 44.9 Å². The SMILES string of the molecule is CC(CCCc1ccccc1C(=O)c1ccccc1)c1ccccc1.O=C(Cc1ccccc1)Cc1ccccc1.O=C(c1ccccc1)c1ccccc1. The van der Waals surface area contributed by atoms with Crippen molar-refractivity contribution in [2.24, 2.45) is 0 Å². The summed E-state index contributed by atoms with van der Waals surface area (Å²) in [5.74, 6) is 0.995. The molecule has 1 atom stereocenters. The molecule has 0 saturated heterocycles. The van der Waals surface area contributed by atoms with E-state index in [2.05, 4.69) is 43.3 Å². The lowest BCUT2D eigenvalue weighted by atomic mass is 9.91. The highest BCUT2D eigenvalue weighted by atomic mass is 16.1. The van der Waals surface area contributed by atoms with Gasteiger partial charge >= 0.3 is 0 Å². The molecule has 3 nitrogen and oxygen atoms in total. The summed E-state index contributed by atoms with van der Waals surface area (Å²) in [4.78, 5) is 36.4. The lowest BCUT2D eigenvalue weighted by Gasteiger charge is -2.13. The Morgan fingerprint density at radius 3 is 1.24 bits per heavy atom. The molecule has 0 amide bonds. The highest BCUT2D eigenvalue weighted by Crippen LogP contribution is 2.23. The van der Waals surface area contributed by atoms with E-state index < -0.39 is 0 Å². The Morgan fingerprint density at radius 2 is 0.782 bits per heavy atom. The van der Waals surface area contributed by atoms with Gasteiger partial charge in [-0.1, -0.05) is 213 Å². The van der Waals surface area contributed by atoms with E-state index >= 15 is 0 Å². The molecule has 0 radical (unpaired) electrons. The summed E-state index contributed by atoms with van der Waals surface area (Å²) in [6.07, 6.45) is 4.18. The largest absolute Gasteiger partial charge is 0.299 e. The minimum absolute atomic E-state index is 0.0752. The van der Waals surface area contributed by atoms with Crippen LogP contribution in [0.2, 0.25) is 0 Å². The van der Waals surface area contributed by atoms with Gasteiger partial charge in [0.1, 0.15) is 5.78 Å². The van der Waals surface area contributed by atoms with Crippen molar-refractivity contribution in [3.8, 4) is 0 Å². The van der Waals surface area contributed by atoms with Gasteiger partial charge in [-0.15, -0.1) is 0 Å². The summed E-state index contributed by atoms with van der Waals surface area (Å²) in [7, 11) is 0. The highest BCUT2D eigenvalue weighted by molar-refractivity contribution is 6.10. The number of carbonyl (C=O) groups is 3. The lowest BCUT2D eigenvalue weighted by molar-refractivity contribution is -0.117. The fourth-order valence-corrected chi connectivity index (χ4v) is 6.31. The van der Waals surface area contributed by atoms with E-state index in [1.165, 1.54) is 5.56 Å². The average molecular weight is 721 g/mol. The average Bonchev–Trinajstić information content (AvgIpc) is 3.25. The minimum Gasteiger partial charge on any atom is -0.299 e. The monoisotopic (exact) mass is 720 g/mol. The number of ketones is 3. The zero-order valence-electron chi connectivity index (χ0n) is 31.5. The fourth-order valence-electron chi connectivity index (χ4n) is 6.31. The van der Waals surface area contributed by atoms with E-state index in [1.807, 2.05) is 170 Å². The molecule has 55 heavy (non-hydrogen) atoms. The molecule has 0 heterocycles. The van der Waals surface area contributed by atoms with Crippen molar-refractivity contribution < 1.29 is 14.4 Å². The Morgan fingerprint density at radius 1 is 0.418 bits per heavy atom. The Kier molecular flexibility index (Phi) is 15.8. The summed E-state index contributed by atoms with van der Waals surface area (Å²) in [6.45, 7) is 2.27. The van der Waals surface area contributed by atoms with Gasteiger partial charge in [0.2, 0.25) is 0 Å². The maximum Gasteiger partial charge on any atom is 0.193 e. The Labute approximate surface area is 326 Å². The van der Waals surface area contributed by atoms with Gasteiger partial charge in [0, 0.05) is 35.1 Å². The third-order valence-corrected chi connectivity index (χ3v) is 9.31. The molecule has 0 N–H and O–H groups in total. The Bertz CT molecular complexity index is 2080. The second kappa shape index (κ2) is 21.9. The predicted molar refractivity (Wildman–Crippen MR) is 226 cm³/mol. The van der Waals surface area contributed by atoms with Crippen LogP contribution in [0.1, 0.15) is 79.8 Å². The van der Waals surface area contributed by atoms with Gasteiger partial charge in [-0.2, -0.15) is 0 Å². The summed E-state index contributed by atoms with van der Waals surface area (Å²) < 4.78 is 0. The molecule has 274 valence electrons. The second-order valence-electron chi connectivity index (χ2n) is 13.5. The van der Waals surface area contributed by atoms with Gasteiger partial charge in [-0.3, -0.25) is 14.4 Å². The maximum atomic E-state index is 12.8. The number of benzene rings is 7. The van der Waals surface area contributed by atoms with E-state index in [1.54, 1.807) is 0 Å². The van der Waals surface area contributed by atoms with E-state index in [0.29, 0.717) is 18.8 Å². The summed E-state index contributed by atoms with van der Waals surface area (Å²) >= 11 is 0. The van der Waals surface area contributed by atoms with Crippen molar-refractivity contribution in [2.75, 3.05) is 0 Å². The molecule has 7 rings (SSSR count). The van der Waals surface area contributed by atoms with Crippen LogP contribution in [0.15, 0.2) is 206 Å². The number of hydrogen-bond donors (Lipinski definition) is 0. The van der Waals surface area contributed by atoms with E-state index in [-0.39, 0.29) is 17.3 Å². The molecule has 1 unspecified atom stereocenters. The van der Waals surface area contributed by atoms with Gasteiger partial charge < -0.3 is 0 Å². The normalized spacial score (nSPS) is 10.8. The number of aryl methyl sites for hydroxylation is 1. The van der Waals surface area contributed by atoms with Crippen LogP contribution in [0, 0.1) is 0 Å². The van der Waals surface area contributed by atoms with E-state index in [4.69, 9.17) is 0 Å². The Hall–Kier alpha value is -6.45. The quantitative estimate of drug-likeness (QED) is 0.111. The Balaban J connectivity index is 0.000000167. The van der Waals surface area contributed by atoms with Crippen LogP contribution in [-0.2, 0) is 24.1 Å². The molecule has 7 aromatic carbocycles. The molecule has 0 spiro atoms. The first-order valence-corrected chi connectivity index (χ1v) is 18.9. The second-order valence-corrected chi connectivity index (χ2v) is 13.5. The van der Waals surface area contributed by atoms with Crippen LogP contribution >= 0.6 is 0 Å². The van der Waals surface area contributed by atoms with Gasteiger partial charge in [0.05, 0.1) is 0 Å². The number of Topliss-reactive ketones (excluding diaryl/α,β-unsaturated/α-hetero) is 1. The van der Waals surface area contributed by atoms with Crippen molar-refractivity contribution in [1.82, 2.24) is 0 Å². The first kappa shape index (κ1) is 39.8. The van der Waals surface area contributed by atoms with Crippen molar-refractivity contribution in [1.29, 1.82) is 0 Å². The molecule has 0 fully saturated rings. The van der Waals surface area contributed by atoms with Gasteiger partial charge in [-0.05, 0) is 47.4 Å². The zero-order chi connectivity index (χ0) is 38.5. The third kappa shape index (κ3) is 13.2. The van der Waals surface area contributed by atoms with E-state index in [9.17, 15) is 14.4 Å². The van der Waals surface area contributed by atoms with Crippen LogP contribution in [0.25, 0.3) is 0 Å². The topological polar surface area (TPSA) is 51.2 Å². The standard InChI is InChI=1S/C24H24O.C15H14O.C13H10O/c1-19(20-12-4-2-5-13-20)11-10-17-21-14-8-9-18-23(21)24(25)22-15-6-3-7-16-22;16-15(11-13-7-3-1-4-8-13)12-14-9-5-2-6-10-14;14-13(11-7-3-1-4-8-11)12-9-5-2-6-10-12/h2-9,12-16,18-19H,10-11,17H2,1H3;1-10H,11-12H2;1-10H. The fraction of sp³-hybridized carbons (Fsp3) is 0.135. The number of hydrogen-bond acceptors (Lipinski definition) is 3. The van der Waals surface area contributed by atoms with Crippen molar-refractivity contribution in [3.05, 3.63) is 251 Å². The van der Waals surface area contributed by atoms with Crippen LogP contribution in [0.5, 0.6) is 0 Å². The van der Waals surface area contributed by atoms with Gasteiger partial charge in [0.15, 0.2) is 11.6 Å². The lowest BCUT2D eigenvalue weighted by Crippen LogP contribution is -2.06.